The molecule has 3 aliphatic rings. The number of fused-ring (bicyclic) bond motifs is 1. The number of furan rings is 1. The van der Waals surface area contributed by atoms with Gasteiger partial charge < -0.3 is 9.73 Å². The Balaban J connectivity index is 1.47. The summed E-state index contributed by atoms with van der Waals surface area (Å²) in [5.74, 6) is -0.0736. The maximum atomic E-state index is 13.6. The van der Waals surface area contributed by atoms with E-state index in [1.807, 2.05) is 0 Å². The summed E-state index contributed by atoms with van der Waals surface area (Å²) in [6.07, 6.45) is -2.22. The van der Waals surface area contributed by atoms with Gasteiger partial charge >= 0.3 is 6.18 Å². The first-order valence-corrected chi connectivity index (χ1v) is 13.2. The Kier molecular flexibility index (Phi) is 6.27. The second-order valence-corrected chi connectivity index (χ2v) is 11.0. The van der Waals surface area contributed by atoms with E-state index in [1.165, 1.54) is 31.3 Å². The quantitative estimate of drug-likeness (QED) is 0.182. The third-order valence-corrected chi connectivity index (χ3v) is 8.16. The van der Waals surface area contributed by atoms with Gasteiger partial charge in [0.05, 0.1) is 16.6 Å². The Morgan fingerprint density at radius 3 is 2.40 bits per heavy atom. The lowest BCUT2D eigenvalue weighted by atomic mass is 9.43. The van der Waals surface area contributed by atoms with Crippen LogP contribution < -0.4 is 5.32 Å². The summed E-state index contributed by atoms with van der Waals surface area (Å²) >= 11 is 0. The van der Waals surface area contributed by atoms with Crippen molar-refractivity contribution in [1.82, 2.24) is 10.3 Å². The van der Waals surface area contributed by atoms with Crippen molar-refractivity contribution in [2.75, 3.05) is 7.05 Å². The number of amides is 1. The van der Waals surface area contributed by atoms with Crippen molar-refractivity contribution in [3.63, 3.8) is 0 Å². The molecule has 3 aliphatic carbocycles. The predicted molar refractivity (Wildman–Crippen MR) is 141 cm³/mol. The molecular weight excluding hydrogens is 524 g/mol. The molecule has 0 saturated heterocycles. The molecule has 0 aliphatic heterocycles. The number of aryl methyl sites for hydroxylation is 1. The number of aromatic nitrogens is 1. The number of nitrogens with one attached hydrogen (secondary N) is 1. The van der Waals surface area contributed by atoms with E-state index in [0.717, 1.165) is 25.2 Å². The highest BCUT2D eigenvalue weighted by Crippen LogP contribution is 2.66. The van der Waals surface area contributed by atoms with Crippen molar-refractivity contribution in [1.29, 1.82) is 0 Å². The fourth-order valence-electron chi connectivity index (χ4n) is 6.09. The summed E-state index contributed by atoms with van der Waals surface area (Å²) in [5, 5.41) is 2.87. The molecule has 206 valence electrons. The van der Waals surface area contributed by atoms with Crippen molar-refractivity contribution < 1.29 is 31.6 Å². The lowest BCUT2D eigenvalue weighted by molar-refractivity contribution is -0.134. The van der Waals surface area contributed by atoms with Gasteiger partial charge in [0.15, 0.2) is 5.78 Å². The minimum absolute atomic E-state index is 0.00491. The number of carbonyl (C=O) groups excluding carboxylic acids is 2. The molecule has 40 heavy (non-hydrogen) atoms. The number of carbonyl (C=O) groups is 2. The molecule has 3 saturated carbocycles. The van der Waals surface area contributed by atoms with Gasteiger partial charge in [0.2, 0.25) is 5.71 Å². The van der Waals surface area contributed by atoms with E-state index in [2.05, 4.69) is 10.3 Å². The van der Waals surface area contributed by atoms with Gasteiger partial charge in [-0.2, -0.15) is 13.2 Å². The van der Waals surface area contributed by atoms with E-state index < -0.39 is 30.7 Å². The molecular formula is C31H26F4N2O3. The van der Waals surface area contributed by atoms with Gasteiger partial charge in [-0.1, -0.05) is 18.2 Å². The summed E-state index contributed by atoms with van der Waals surface area (Å²) in [4.78, 5) is 30.6. The van der Waals surface area contributed by atoms with Gasteiger partial charge in [-0.25, -0.2) is 9.37 Å². The van der Waals surface area contributed by atoms with Crippen LogP contribution in [0.2, 0.25) is 0 Å². The standard InChI is InChI=1S/C31H26F4N2O3/c1-36-28(39)26-23-12-22(19-3-2-4-20(11-19)25(38)16-30-13-17(14-30)15-30)24(9-10-31(33,34)35)37-29(23)40-27(26)18-5-7-21(32)8-6-18/h2-8,11-12,17H,9-10,13-16H2,1H3,(H,36,39). The topological polar surface area (TPSA) is 72.2 Å². The van der Waals surface area contributed by atoms with Gasteiger partial charge in [-0.05, 0) is 79.0 Å². The Bertz CT molecular complexity index is 1620. The Morgan fingerprint density at radius 1 is 1.05 bits per heavy atom. The first kappa shape index (κ1) is 26.2. The highest BCUT2D eigenvalue weighted by Gasteiger charge is 2.56. The first-order chi connectivity index (χ1) is 19.0. The molecule has 4 aromatic rings. The molecule has 7 rings (SSSR count). The number of hydrogen-bond acceptors (Lipinski definition) is 4. The average molecular weight is 551 g/mol. The summed E-state index contributed by atoms with van der Waals surface area (Å²) in [7, 11) is 1.45. The van der Waals surface area contributed by atoms with Crippen molar-refractivity contribution >= 4 is 22.8 Å². The molecule has 2 aromatic carbocycles. The summed E-state index contributed by atoms with van der Waals surface area (Å²) in [5.41, 5.74) is 2.21. The Hall–Kier alpha value is -4.01. The van der Waals surface area contributed by atoms with Gasteiger partial charge in [-0.3, -0.25) is 9.59 Å². The van der Waals surface area contributed by atoms with Crippen LogP contribution in [0.5, 0.6) is 0 Å². The maximum Gasteiger partial charge on any atom is 0.389 e. The van der Waals surface area contributed by atoms with E-state index >= 15 is 0 Å². The molecule has 0 radical (unpaired) electrons. The Morgan fingerprint density at radius 2 is 1.77 bits per heavy atom. The normalized spacial score (nSPS) is 19.7. The second kappa shape index (κ2) is 9.57. The van der Waals surface area contributed by atoms with E-state index in [-0.39, 0.29) is 33.9 Å². The third-order valence-electron chi connectivity index (χ3n) is 8.16. The second-order valence-electron chi connectivity index (χ2n) is 11.0. The van der Waals surface area contributed by atoms with Gasteiger partial charge in [-0.15, -0.1) is 0 Å². The largest absolute Gasteiger partial charge is 0.437 e. The third kappa shape index (κ3) is 4.78. The fraction of sp³-hybridized carbons (Fsp3) is 0.323. The van der Waals surface area contributed by atoms with Crippen LogP contribution in [0, 0.1) is 17.2 Å². The van der Waals surface area contributed by atoms with E-state index in [9.17, 15) is 27.2 Å². The van der Waals surface area contributed by atoms with Crippen molar-refractivity contribution in [2.45, 2.75) is 44.7 Å². The van der Waals surface area contributed by atoms with Crippen LogP contribution >= 0.6 is 0 Å². The zero-order valence-electron chi connectivity index (χ0n) is 21.7. The molecule has 2 heterocycles. The van der Waals surface area contributed by atoms with Crippen molar-refractivity contribution in [2.24, 2.45) is 11.3 Å². The Labute approximate surface area is 227 Å². The number of benzene rings is 2. The molecule has 1 amide bonds. The average Bonchev–Trinajstić information content (AvgIpc) is 3.26. The number of hydrogen-bond donors (Lipinski definition) is 1. The minimum Gasteiger partial charge on any atom is -0.437 e. The van der Waals surface area contributed by atoms with Crippen LogP contribution in [-0.4, -0.2) is 29.9 Å². The van der Waals surface area contributed by atoms with Crippen LogP contribution in [-0.2, 0) is 6.42 Å². The van der Waals surface area contributed by atoms with Crippen molar-refractivity contribution in [3.05, 3.63) is 77.2 Å². The zero-order valence-corrected chi connectivity index (χ0v) is 21.7. The minimum atomic E-state index is -4.41. The zero-order chi connectivity index (χ0) is 28.2. The molecule has 0 unspecified atom stereocenters. The monoisotopic (exact) mass is 550 g/mol. The fourth-order valence-corrected chi connectivity index (χ4v) is 6.09. The van der Waals surface area contributed by atoms with Gasteiger partial charge in [0, 0.05) is 36.6 Å². The summed E-state index contributed by atoms with van der Waals surface area (Å²) in [6, 6.07) is 13.8. The molecule has 0 spiro atoms. The van der Waals surface area contributed by atoms with Crippen LogP contribution in [0.25, 0.3) is 33.6 Å². The lowest BCUT2D eigenvalue weighted by Gasteiger charge is -2.62. The molecule has 1 N–H and O–H groups in total. The lowest BCUT2D eigenvalue weighted by Crippen LogP contribution is -2.52. The van der Waals surface area contributed by atoms with Crippen molar-refractivity contribution in [3.8, 4) is 22.5 Å². The van der Waals surface area contributed by atoms with Crippen LogP contribution in [0.15, 0.2) is 59.0 Å². The number of halogens is 4. The smallest absolute Gasteiger partial charge is 0.389 e. The molecule has 3 fully saturated rings. The predicted octanol–water partition coefficient (Wildman–Crippen LogP) is 7.53. The van der Waals surface area contributed by atoms with Gasteiger partial charge in [0.25, 0.3) is 5.91 Å². The van der Waals surface area contributed by atoms with E-state index in [4.69, 9.17) is 4.42 Å². The molecule has 2 bridgehead atoms. The maximum absolute atomic E-state index is 13.6. The summed E-state index contributed by atoms with van der Waals surface area (Å²) < 4.78 is 59.3. The number of ketones is 1. The van der Waals surface area contributed by atoms with Gasteiger partial charge in [0.1, 0.15) is 11.6 Å². The highest BCUT2D eigenvalue weighted by atomic mass is 19.4. The molecule has 0 atom stereocenters. The highest BCUT2D eigenvalue weighted by molar-refractivity contribution is 6.11. The summed E-state index contributed by atoms with van der Waals surface area (Å²) in [6.45, 7) is 0. The number of Topliss-reactive ketones (excluding diaryl/α,β-unsaturated/α-hetero) is 1. The number of rotatable bonds is 8. The molecule has 2 aromatic heterocycles. The number of alkyl halides is 3. The van der Waals surface area contributed by atoms with Crippen LogP contribution in [0.1, 0.15) is 58.5 Å². The van der Waals surface area contributed by atoms with E-state index in [1.54, 1.807) is 30.3 Å². The molecule has 5 nitrogen and oxygen atoms in total. The molecule has 9 heteroatoms. The number of nitrogens with zero attached hydrogens (tertiary/aromatic N) is 1. The SMILES string of the molecule is CNC(=O)c1c(-c2ccc(F)cc2)oc2nc(CCC(F)(F)F)c(-c3cccc(C(=O)CC45CC(C4)C5)c3)cc12. The first-order valence-electron chi connectivity index (χ1n) is 13.2. The van der Waals surface area contributed by atoms with Crippen LogP contribution in [0.3, 0.4) is 0 Å². The number of pyridine rings is 1. The van der Waals surface area contributed by atoms with E-state index in [0.29, 0.717) is 34.1 Å². The van der Waals surface area contributed by atoms with Crippen LogP contribution in [0.4, 0.5) is 17.6 Å².